The van der Waals surface area contributed by atoms with Gasteiger partial charge in [-0.05, 0) is 26.0 Å². The lowest BCUT2D eigenvalue weighted by molar-refractivity contribution is 0.0599. The largest absolute Gasteiger partial charge is 0.465 e. The normalized spacial score (nSPS) is 10.4. The Balaban J connectivity index is 2.53. The summed E-state index contributed by atoms with van der Waals surface area (Å²) in [5.74, 6) is 0.0627. The molecule has 0 bridgehead atoms. The fourth-order valence-electron chi connectivity index (χ4n) is 1.44. The summed E-state index contributed by atoms with van der Waals surface area (Å²) in [6, 6.07) is 3.90. The Morgan fingerprint density at radius 1 is 1.44 bits per heavy atom. The molecule has 2 heterocycles. The number of carbonyl (C=O) groups excluding carboxylic acids is 1. The van der Waals surface area contributed by atoms with Crippen LogP contribution in [0.4, 0.5) is 0 Å². The fourth-order valence-corrected chi connectivity index (χ4v) is 2.30. The van der Waals surface area contributed by atoms with Gasteiger partial charge in [-0.2, -0.15) is 0 Å². The van der Waals surface area contributed by atoms with E-state index in [1.807, 2.05) is 19.1 Å². The third kappa shape index (κ3) is 1.74. The van der Waals surface area contributed by atoms with E-state index < -0.39 is 5.97 Å². The van der Waals surface area contributed by atoms with E-state index >= 15 is 0 Å². The van der Waals surface area contributed by atoms with Gasteiger partial charge in [0.1, 0.15) is 17.0 Å². The first kappa shape index (κ1) is 10.9. The third-order valence-electron chi connectivity index (χ3n) is 2.23. The van der Waals surface area contributed by atoms with Crippen LogP contribution >= 0.6 is 11.3 Å². The maximum atomic E-state index is 11.6. The minimum Gasteiger partial charge on any atom is -0.465 e. The molecule has 0 N–H and O–H groups in total. The molecule has 4 nitrogen and oxygen atoms in total. The highest BCUT2D eigenvalue weighted by atomic mass is 32.1. The summed E-state index contributed by atoms with van der Waals surface area (Å²) in [5, 5.41) is 3.90. The smallest absolute Gasteiger partial charge is 0.343 e. The SMILES string of the molecule is COC(=O)c1c(-c2ccc(C)s2)noc1C. The number of nitrogens with zero attached hydrogens (tertiary/aromatic N) is 1. The number of aryl methyl sites for hydroxylation is 2. The number of thiophene rings is 1. The molecule has 0 fully saturated rings. The van der Waals surface area contributed by atoms with E-state index in [-0.39, 0.29) is 0 Å². The zero-order chi connectivity index (χ0) is 11.7. The Morgan fingerprint density at radius 2 is 2.19 bits per heavy atom. The fraction of sp³-hybridized carbons (Fsp3) is 0.273. The topological polar surface area (TPSA) is 52.3 Å². The molecule has 0 radical (unpaired) electrons. The molecular formula is C11H11NO3S. The molecule has 0 aliphatic heterocycles. The second-order valence-electron chi connectivity index (χ2n) is 3.36. The van der Waals surface area contributed by atoms with Crippen molar-refractivity contribution in [2.45, 2.75) is 13.8 Å². The van der Waals surface area contributed by atoms with Gasteiger partial charge >= 0.3 is 5.97 Å². The number of rotatable bonds is 2. The highest BCUT2D eigenvalue weighted by Gasteiger charge is 2.22. The molecule has 0 aromatic carbocycles. The van der Waals surface area contributed by atoms with Gasteiger partial charge in [0, 0.05) is 4.88 Å². The van der Waals surface area contributed by atoms with E-state index in [0.29, 0.717) is 17.0 Å². The van der Waals surface area contributed by atoms with Gasteiger partial charge in [-0.15, -0.1) is 11.3 Å². The Labute approximate surface area is 96.8 Å². The molecular weight excluding hydrogens is 226 g/mol. The number of methoxy groups -OCH3 is 1. The van der Waals surface area contributed by atoms with Gasteiger partial charge in [-0.1, -0.05) is 5.16 Å². The van der Waals surface area contributed by atoms with Crippen molar-refractivity contribution in [3.05, 3.63) is 28.3 Å². The Kier molecular flexibility index (Phi) is 2.78. The van der Waals surface area contributed by atoms with Crippen molar-refractivity contribution in [3.8, 4) is 10.6 Å². The van der Waals surface area contributed by atoms with Crippen LogP contribution in [0.25, 0.3) is 10.6 Å². The molecule has 5 heteroatoms. The molecule has 0 atom stereocenters. The van der Waals surface area contributed by atoms with Crippen LogP contribution in [0.5, 0.6) is 0 Å². The summed E-state index contributed by atoms with van der Waals surface area (Å²) < 4.78 is 9.75. The predicted molar refractivity (Wildman–Crippen MR) is 60.6 cm³/mol. The van der Waals surface area contributed by atoms with Crippen LogP contribution in [0.3, 0.4) is 0 Å². The van der Waals surface area contributed by atoms with Gasteiger partial charge in [0.2, 0.25) is 0 Å². The summed E-state index contributed by atoms with van der Waals surface area (Å²) in [5.41, 5.74) is 0.965. The minimum absolute atomic E-state index is 0.407. The van der Waals surface area contributed by atoms with Crippen molar-refractivity contribution in [2.75, 3.05) is 7.11 Å². The van der Waals surface area contributed by atoms with Gasteiger partial charge in [0.05, 0.1) is 12.0 Å². The van der Waals surface area contributed by atoms with E-state index in [4.69, 9.17) is 9.26 Å². The van der Waals surface area contributed by atoms with E-state index in [1.165, 1.54) is 7.11 Å². The molecule has 2 rings (SSSR count). The third-order valence-corrected chi connectivity index (χ3v) is 3.23. The molecule has 0 unspecified atom stereocenters. The van der Waals surface area contributed by atoms with Crippen molar-refractivity contribution in [1.82, 2.24) is 5.16 Å². The summed E-state index contributed by atoms with van der Waals surface area (Å²) in [7, 11) is 1.35. The number of carbonyl (C=O) groups is 1. The number of hydrogen-bond donors (Lipinski definition) is 0. The lowest BCUT2D eigenvalue weighted by Crippen LogP contribution is -2.03. The number of esters is 1. The van der Waals surface area contributed by atoms with Crippen LogP contribution in [0.1, 0.15) is 21.0 Å². The molecule has 0 spiro atoms. The lowest BCUT2D eigenvalue weighted by atomic mass is 10.2. The van der Waals surface area contributed by atoms with Gasteiger partial charge in [-0.25, -0.2) is 4.79 Å². The zero-order valence-corrected chi connectivity index (χ0v) is 10.1. The van der Waals surface area contributed by atoms with E-state index in [0.717, 1.165) is 9.75 Å². The standard InChI is InChI=1S/C11H11NO3S/c1-6-4-5-8(16-6)10-9(11(13)14-3)7(2)15-12-10/h4-5H,1-3H3. The molecule has 2 aromatic heterocycles. The Hall–Kier alpha value is -1.62. The summed E-state index contributed by atoms with van der Waals surface area (Å²) in [4.78, 5) is 13.6. The average Bonchev–Trinajstić information content (AvgIpc) is 2.83. The molecule has 0 saturated heterocycles. The van der Waals surface area contributed by atoms with Gasteiger partial charge in [-0.3, -0.25) is 0 Å². The quantitative estimate of drug-likeness (QED) is 0.754. The van der Waals surface area contributed by atoms with Crippen LogP contribution in [0, 0.1) is 13.8 Å². The van der Waals surface area contributed by atoms with Crippen LogP contribution in [0.2, 0.25) is 0 Å². The molecule has 2 aromatic rings. The molecule has 16 heavy (non-hydrogen) atoms. The summed E-state index contributed by atoms with van der Waals surface area (Å²) in [6.07, 6.45) is 0. The zero-order valence-electron chi connectivity index (χ0n) is 9.23. The second kappa shape index (κ2) is 4.09. The predicted octanol–water partition coefficient (Wildman–Crippen LogP) is 2.81. The van der Waals surface area contributed by atoms with Crippen LogP contribution in [-0.4, -0.2) is 18.2 Å². The van der Waals surface area contributed by atoms with Crippen molar-refractivity contribution < 1.29 is 14.1 Å². The first-order valence-electron chi connectivity index (χ1n) is 4.75. The minimum atomic E-state index is -0.417. The molecule has 0 aliphatic rings. The number of hydrogen-bond acceptors (Lipinski definition) is 5. The molecule has 0 saturated carbocycles. The lowest BCUT2D eigenvalue weighted by Gasteiger charge is -1.97. The monoisotopic (exact) mass is 237 g/mol. The Bertz CT molecular complexity index is 527. The summed E-state index contributed by atoms with van der Waals surface area (Å²) in [6.45, 7) is 3.70. The molecule has 0 amide bonds. The maximum Gasteiger partial charge on any atom is 0.343 e. The highest BCUT2D eigenvalue weighted by molar-refractivity contribution is 7.15. The van der Waals surface area contributed by atoms with Gasteiger partial charge in [0.15, 0.2) is 0 Å². The van der Waals surface area contributed by atoms with Crippen LogP contribution < -0.4 is 0 Å². The van der Waals surface area contributed by atoms with Crippen molar-refractivity contribution in [3.63, 3.8) is 0 Å². The Morgan fingerprint density at radius 3 is 2.75 bits per heavy atom. The molecule has 84 valence electrons. The van der Waals surface area contributed by atoms with Crippen LogP contribution in [0.15, 0.2) is 16.7 Å². The van der Waals surface area contributed by atoms with Gasteiger partial charge < -0.3 is 9.26 Å². The number of aromatic nitrogens is 1. The van der Waals surface area contributed by atoms with Crippen molar-refractivity contribution >= 4 is 17.3 Å². The van der Waals surface area contributed by atoms with Crippen molar-refractivity contribution in [2.24, 2.45) is 0 Å². The maximum absolute atomic E-state index is 11.6. The van der Waals surface area contributed by atoms with Crippen molar-refractivity contribution in [1.29, 1.82) is 0 Å². The number of ether oxygens (including phenoxy) is 1. The average molecular weight is 237 g/mol. The van der Waals surface area contributed by atoms with Gasteiger partial charge in [0.25, 0.3) is 0 Å². The van der Waals surface area contributed by atoms with E-state index in [2.05, 4.69) is 5.16 Å². The highest BCUT2D eigenvalue weighted by Crippen LogP contribution is 2.31. The summed E-state index contributed by atoms with van der Waals surface area (Å²) >= 11 is 1.57. The second-order valence-corrected chi connectivity index (χ2v) is 4.65. The van der Waals surface area contributed by atoms with E-state index in [1.54, 1.807) is 18.3 Å². The first-order chi connectivity index (χ1) is 7.63. The molecule has 0 aliphatic carbocycles. The first-order valence-corrected chi connectivity index (χ1v) is 5.56. The van der Waals surface area contributed by atoms with Crippen LogP contribution in [-0.2, 0) is 4.74 Å². The van der Waals surface area contributed by atoms with E-state index in [9.17, 15) is 4.79 Å².